The van der Waals surface area contributed by atoms with E-state index in [0.717, 1.165) is 0 Å². The number of aliphatic carboxylic acids is 1. The van der Waals surface area contributed by atoms with Crippen LogP contribution >= 0.6 is 0 Å². The quantitative estimate of drug-likeness (QED) is 0.736. The molecule has 1 atom stereocenters. The topological polar surface area (TPSA) is 91.3 Å². The standard InChI is InChI=1S/C11H15N3O3/c1-7(2)9(10(15)16)14-11(17)13-8-4-3-5-12-6-8/h3-7,9H,1-2H3,(H,15,16)(H2,13,14,17)/t9-/m0/s1. The zero-order valence-corrected chi connectivity index (χ0v) is 9.68. The molecule has 0 aliphatic rings. The average Bonchev–Trinajstić information content (AvgIpc) is 2.26. The van der Waals surface area contributed by atoms with Gasteiger partial charge in [-0.1, -0.05) is 13.8 Å². The van der Waals surface area contributed by atoms with Crippen molar-refractivity contribution in [3.05, 3.63) is 24.5 Å². The number of pyridine rings is 1. The van der Waals surface area contributed by atoms with Gasteiger partial charge in [0.1, 0.15) is 6.04 Å². The second-order valence-electron chi connectivity index (χ2n) is 3.90. The smallest absolute Gasteiger partial charge is 0.326 e. The number of hydrogen-bond acceptors (Lipinski definition) is 3. The van der Waals surface area contributed by atoms with E-state index < -0.39 is 18.0 Å². The fourth-order valence-corrected chi connectivity index (χ4v) is 1.26. The highest BCUT2D eigenvalue weighted by Gasteiger charge is 2.23. The van der Waals surface area contributed by atoms with Crippen LogP contribution < -0.4 is 10.6 Å². The fourth-order valence-electron chi connectivity index (χ4n) is 1.26. The summed E-state index contributed by atoms with van der Waals surface area (Å²) in [4.78, 5) is 26.2. The first-order valence-electron chi connectivity index (χ1n) is 5.21. The number of carbonyl (C=O) groups excluding carboxylic acids is 1. The van der Waals surface area contributed by atoms with E-state index in [1.165, 1.54) is 6.20 Å². The van der Waals surface area contributed by atoms with Gasteiger partial charge < -0.3 is 15.7 Å². The molecule has 0 spiro atoms. The number of urea groups is 1. The summed E-state index contributed by atoms with van der Waals surface area (Å²) in [6, 6.07) is 1.87. The molecule has 3 N–H and O–H groups in total. The fraction of sp³-hybridized carbons (Fsp3) is 0.364. The van der Waals surface area contributed by atoms with E-state index in [4.69, 9.17) is 5.11 Å². The van der Waals surface area contributed by atoms with Gasteiger partial charge in [0.05, 0.1) is 11.9 Å². The third-order valence-corrected chi connectivity index (χ3v) is 2.14. The molecule has 2 amide bonds. The van der Waals surface area contributed by atoms with Crippen LogP contribution in [0.1, 0.15) is 13.8 Å². The minimum absolute atomic E-state index is 0.188. The van der Waals surface area contributed by atoms with Crippen LogP contribution in [-0.2, 0) is 4.79 Å². The molecule has 0 aromatic carbocycles. The molecule has 0 aliphatic heterocycles. The maximum absolute atomic E-state index is 11.5. The van der Waals surface area contributed by atoms with Gasteiger partial charge in [-0.25, -0.2) is 9.59 Å². The molecule has 0 saturated heterocycles. The van der Waals surface area contributed by atoms with Crippen LogP contribution in [0.2, 0.25) is 0 Å². The highest BCUT2D eigenvalue weighted by Crippen LogP contribution is 2.05. The summed E-state index contributed by atoms with van der Waals surface area (Å²) in [6.07, 6.45) is 3.06. The number of amides is 2. The van der Waals surface area contributed by atoms with Gasteiger partial charge >= 0.3 is 12.0 Å². The molecule has 0 unspecified atom stereocenters. The van der Waals surface area contributed by atoms with Crippen molar-refractivity contribution >= 4 is 17.7 Å². The maximum atomic E-state index is 11.5. The molecule has 0 radical (unpaired) electrons. The van der Waals surface area contributed by atoms with Gasteiger partial charge in [0.2, 0.25) is 0 Å². The molecule has 0 aliphatic carbocycles. The van der Waals surface area contributed by atoms with Gasteiger partial charge in [0.25, 0.3) is 0 Å². The lowest BCUT2D eigenvalue weighted by molar-refractivity contribution is -0.140. The maximum Gasteiger partial charge on any atom is 0.326 e. The summed E-state index contributed by atoms with van der Waals surface area (Å²) < 4.78 is 0. The SMILES string of the molecule is CC(C)[C@H](NC(=O)Nc1cccnc1)C(=O)O. The van der Waals surface area contributed by atoms with Crippen LogP contribution in [0.15, 0.2) is 24.5 Å². The number of aromatic nitrogens is 1. The molecule has 0 fully saturated rings. The summed E-state index contributed by atoms with van der Waals surface area (Å²) in [5.74, 6) is -1.24. The monoisotopic (exact) mass is 237 g/mol. The molecule has 6 heteroatoms. The summed E-state index contributed by atoms with van der Waals surface area (Å²) in [6.45, 7) is 3.45. The van der Waals surface area contributed by atoms with Gasteiger partial charge in [-0.2, -0.15) is 0 Å². The first-order chi connectivity index (χ1) is 8.00. The van der Waals surface area contributed by atoms with Crippen molar-refractivity contribution in [2.45, 2.75) is 19.9 Å². The predicted octanol–water partition coefficient (Wildman–Crippen LogP) is 1.31. The van der Waals surface area contributed by atoms with Crippen molar-refractivity contribution in [2.75, 3.05) is 5.32 Å². The number of hydrogen-bond donors (Lipinski definition) is 3. The van der Waals surface area contributed by atoms with E-state index in [-0.39, 0.29) is 5.92 Å². The molecule has 92 valence electrons. The summed E-state index contributed by atoms with van der Waals surface area (Å²) >= 11 is 0. The first-order valence-corrected chi connectivity index (χ1v) is 5.21. The molecule has 1 rings (SSSR count). The Balaban J connectivity index is 2.57. The largest absolute Gasteiger partial charge is 0.480 e. The Labute approximate surface area is 99.1 Å². The molecule has 1 aromatic rings. The Hall–Kier alpha value is -2.11. The van der Waals surface area contributed by atoms with E-state index in [9.17, 15) is 9.59 Å². The number of nitrogens with zero attached hydrogens (tertiary/aromatic N) is 1. The molecular weight excluding hydrogens is 222 g/mol. The Morgan fingerprint density at radius 2 is 2.12 bits per heavy atom. The molecule has 0 saturated carbocycles. The van der Waals surface area contributed by atoms with Crippen molar-refractivity contribution in [1.29, 1.82) is 0 Å². The third-order valence-electron chi connectivity index (χ3n) is 2.14. The number of carboxylic acids is 1. The minimum atomic E-state index is -1.05. The lowest BCUT2D eigenvalue weighted by Gasteiger charge is -2.18. The van der Waals surface area contributed by atoms with Crippen LogP contribution in [0.5, 0.6) is 0 Å². The number of nitrogens with one attached hydrogen (secondary N) is 2. The highest BCUT2D eigenvalue weighted by atomic mass is 16.4. The highest BCUT2D eigenvalue weighted by molar-refractivity contribution is 5.92. The molecular formula is C11H15N3O3. The van der Waals surface area contributed by atoms with Crippen molar-refractivity contribution in [1.82, 2.24) is 10.3 Å². The van der Waals surface area contributed by atoms with E-state index in [2.05, 4.69) is 15.6 Å². The van der Waals surface area contributed by atoms with Crippen LogP contribution in [0.4, 0.5) is 10.5 Å². The third kappa shape index (κ3) is 4.10. The van der Waals surface area contributed by atoms with Gasteiger partial charge in [0.15, 0.2) is 0 Å². The van der Waals surface area contributed by atoms with E-state index in [0.29, 0.717) is 5.69 Å². The molecule has 17 heavy (non-hydrogen) atoms. The lowest BCUT2D eigenvalue weighted by atomic mass is 10.1. The minimum Gasteiger partial charge on any atom is -0.480 e. The van der Waals surface area contributed by atoms with Crippen molar-refractivity contribution in [3.63, 3.8) is 0 Å². The first kappa shape index (κ1) is 13.0. The number of anilines is 1. The van der Waals surface area contributed by atoms with Gasteiger partial charge in [0, 0.05) is 6.20 Å². The lowest BCUT2D eigenvalue weighted by Crippen LogP contribution is -2.46. The summed E-state index contributed by atoms with van der Waals surface area (Å²) in [5, 5.41) is 13.8. The van der Waals surface area contributed by atoms with Crippen molar-refractivity contribution < 1.29 is 14.7 Å². The number of rotatable bonds is 4. The van der Waals surface area contributed by atoms with Gasteiger partial charge in [-0.05, 0) is 18.1 Å². The van der Waals surface area contributed by atoms with Gasteiger partial charge in [-0.15, -0.1) is 0 Å². The molecule has 6 nitrogen and oxygen atoms in total. The Kier molecular flexibility index (Phi) is 4.45. The second kappa shape index (κ2) is 5.83. The summed E-state index contributed by atoms with van der Waals surface area (Å²) in [5.41, 5.74) is 0.512. The van der Waals surface area contributed by atoms with E-state index in [1.54, 1.807) is 32.2 Å². The van der Waals surface area contributed by atoms with Crippen LogP contribution in [0.25, 0.3) is 0 Å². The predicted molar refractivity (Wildman–Crippen MR) is 62.7 cm³/mol. The second-order valence-corrected chi connectivity index (χ2v) is 3.90. The van der Waals surface area contributed by atoms with Crippen LogP contribution in [0, 0.1) is 5.92 Å². The van der Waals surface area contributed by atoms with Crippen molar-refractivity contribution in [3.8, 4) is 0 Å². The van der Waals surface area contributed by atoms with Gasteiger partial charge in [-0.3, -0.25) is 4.98 Å². The number of carbonyl (C=O) groups is 2. The normalized spacial score (nSPS) is 11.9. The zero-order chi connectivity index (χ0) is 12.8. The average molecular weight is 237 g/mol. The van der Waals surface area contributed by atoms with Crippen LogP contribution in [0.3, 0.4) is 0 Å². The molecule has 1 aromatic heterocycles. The molecule has 0 bridgehead atoms. The van der Waals surface area contributed by atoms with E-state index in [1.807, 2.05) is 0 Å². The Morgan fingerprint density at radius 3 is 2.59 bits per heavy atom. The van der Waals surface area contributed by atoms with E-state index >= 15 is 0 Å². The van der Waals surface area contributed by atoms with Crippen molar-refractivity contribution in [2.24, 2.45) is 5.92 Å². The molecule has 1 heterocycles. The number of carboxylic acid groups (broad SMARTS) is 1. The van der Waals surface area contributed by atoms with Crippen LogP contribution in [-0.4, -0.2) is 28.1 Å². The summed E-state index contributed by atoms with van der Waals surface area (Å²) in [7, 11) is 0. The zero-order valence-electron chi connectivity index (χ0n) is 9.68. The Bertz CT molecular complexity index is 392. The Morgan fingerprint density at radius 1 is 1.41 bits per heavy atom.